The average molecular weight is 630 g/mol. The standard InChI is InChI=1S/C36H38O5Se/c1-2-23-39-33-34(42)41-32(31(24-27-15-7-3-8-16-27)40-30-21-13-6-14-22-30)35(37,25-28-17-9-4-10-18-28)36(33,38)26-29-19-11-5-12-20-29/h2-23,31-34,37-38,42H,24-26H2,1H3/t31?,32-,33-,34+,35-,36-/m1/s1. The number of para-hydroxylation sites is 1. The van der Waals surface area contributed by atoms with Gasteiger partial charge in [0, 0.05) is 0 Å². The molecule has 6 heteroatoms. The van der Waals surface area contributed by atoms with Crippen molar-refractivity contribution in [2.24, 2.45) is 0 Å². The molecule has 0 saturated carbocycles. The van der Waals surface area contributed by atoms with Crippen molar-refractivity contribution < 1.29 is 24.4 Å². The van der Waals surface area contributed by atoms with Crippen LogP contribution in [0.25, 0.3) is 0 Å². The molecule has 6 atom stereocenters. The van der Waals surface area contributed by atoms with Crippen molar-refractivity contribution >= 4 is 16.0 Å². The third-order valence-corrected chi connectivity index (χ3v) is 8.70. The fourth-order valence-corrected chi connectivity index (χ4v) is 6.79. The van der Waals surface area contributed by atoms with E-state index in [0.29, 0.717) is 12.2 Å². The van der Waals surface area contributed by atoms with Crippen LogP contribution in [0.15, 0.2) is 134 Å². The van der Waals surface area contributed by atoms with Crippen molar-refractivity contribution in [1.82, 2.24) is 0 Å². The summed E-state index contributed by atoms with van der Waals surface area (Å²) in [5.41, 5.74) is -0.804. The van der Waals surface area contributed by atoms with E-state index in [1.807, 2.05) is 128 Å². The predicted octanol–water partition coefficient (Wildman–Crippen LogP) is 5.17. The molecule has 5 nitrogen and oxygen atoms in total. The van der Waals surface area contributed by atoms with Gasteiger partial charge in [-0.25, -0.2) is 0 Å². The Balaban J connectivity index is 1.66. The van der Waals surface area contributed by atoms with Gasteiger partial charge < -0.3 is 0 Å². The fraction of sp³-hybridized carbons (Fsp3) is 0.278. The molecule has 0 aliphatic carbocycles. The molecule has 0 aromatic heterocycles. The van der Waals surface area contributed by atoms with E-state index in [2.05, 4.69) is 16.0 Å². The Labute approximate surface area is 256 Å². The zero-order chi connectivity index (χ0) is 29.4. The third-order valence-electron chi connectivity index (χ3n) is 7.88. The van der Waals surface area contributed by atoms with Gasteiger partial charge in [0.15, 0.2) is 0 Å². The van der Waals surface area contributed by atoms with Crippen molar-refractivity contribution in [2.45, 2.75) is 60.7 Å². The van der Waals surface area contributed by atoms with Crippen LogP contribution in [0, 0.1) is 0 Å². The summed E-state index contributed by atoms with van der Waals surface area (Å²) >= 11 is 2.49. The molecule has 5 rings (SSSR count). The first-order chi connectivity index (χ1) is 20.4. The molecule has 0 radical (unpaired) electrons. The molecule has 0 spiro atoms. The van der Waals surface area contributed by atoms with Gasteiger partial charge in [-0.3, -0.25) is 0 Å². The fourth-order valence-electron chi connectivity index (χ4n) is 5.85. The number of hydrogen-bond acceptors (Lipinski definition) is 5. The predicted molar refractivity (Wildman–Crippen MR) is 167 cm³/mol. The van der Waals surface area contributed by atoms with E-state index in [0.717, 1.165) is 16.7 Å². The zero-order valence-corrected chi connectivity index (χ0v) is 25.6. The number of benzene rings is 4. The average Bonchev–Trinajstić information content (AvgIpc) is 3.01. The third kappa shape index (κ3) is 6.64. The maximum atomic E-state index is 13.1. The van der Waals surface area contributed by atoms with Gasteiger partial charge in [0.1, 0.15) is 0 Å². The minimum absolute atomic E-state index is 0.126. The molecular weight excluding hydrogens is 591 g/mol. The van der Waals surface area contributed by atoms with E-state index >= 15 is 0 Å². The molecule has 1 unspecified atom stereocenters. The Morgan fingerprint density at radius 3 is 1.74 bits per heavy atom. The van der Waals surface area contributed by atoms with Gasteiger partial charge in [-0.1, -0.05) is 0 Å². The van der Waals surface area contributed by atoms with Crippen LogP contribution in [-0.2, 0) is 28.7 Å². The van der Waals surface area contributed by atoms with Gasteiger partial charge in [0.05, 0.1) is 0 Å². The molecule has 1 aliphatic rings. The van der Waals surface area contributed by atoms with Crippen molar-refractivity contribution in [3.63, 3.8) is 0 Å². The Bertz CT molecular complexity index is 1360. The summed E-state index contributed by atoms with van der Waals surface area (Å²) in [5, 5.41) is 25.4. The molecule has 1 heterocycles. The number of rotatable bonds is 11. The molecule has 42 heavy (non-hydrogen) atoms. The van der Waals surface area contributed by atoms with E-state index < -0.39 is 34.5 Å². The first-order valence-electron chi connectivity index (χ1n) is 14.3. The van der Waals surface area contributed by atoms with Crippen LogP contribution in [0.3, 0.4) is 0 Å². The van der Waals surface area contributed by atoms with Crippen LogP contribution in [0.5, 0.6) is 5.75 Å². The van der Waals surface area contributed by atoms with Gasteiger partial charge in [-0.05, 0) is 0 Å². The monoisotopic (exact) mass is 630 g/mol. The second kappa shape index (κ2) is 13.7. The Morgan fingerprint density at radius 1 is 0.738 bits per heavy atom. The van der Waals surface area contributed by atoms with Gasteiger partial charge >= 0.3 is 257 Å². The molecule has 1 aliphatic heterocycles. The van der Waals surface area contributed by atoms with Crippen LogP contribution in [-0.4, -0.2) is 60.7 Å². The van der Waals surface area contributed by atoms with Gasteiger partial charge in [0.2, 0.25) is 0 Å². The van der Waals surface area contributed by atoms with Crippen molar-refractivity contribution in [1.29, 1.82) is 0 Å². The van der Waals surface area contributed by atoms with Crippen LogP contribution in [0.4, 0.5) is 0 Å². The number of hydrogen-bond donors (Lipinski definition) is 2. The second-order valence-electron chi connectivity index (χ2n) is 10.8. The zero-order valence-electron chi connectivity index (χ0n) is 23.7. The number of allylic oxidation sites excluding steroid dienone is 1. The normalized spacial score (nSPS) is 26.5. The SMILES string of the molecule is CC=CO[C@@H]1[C@H]([SeH])O[C@H](C(Cc2ccccc2)Oc2ccccc2)[C@](O)(Cc2ccccc2)[C@@]1(O)Cc1ccccc1. The van der Waals surface area contributed by atoms with E-state index in [1.165, 1.54) is 0 Å². The van der Waals surface area contributed by atoms with Crippen LogP contribution in [0.1, 0.15) is 23.6 Å². The maximum absolute atomic E-state index is 13.1. The summed E-state index contributed by atoms with van der Waals surface area (Å²) in [5.74, 6) is 0.658. The Hall–Kier alpha value is -3.38. The minimum atomic E-state index is -1.82. The second-order valence-corrected chi connectivity index (χ2v) is 11.9. The van der Waals surface area contributed by atoms with Gasteiger partial charge in [-0.2, -0.15) is 0 Å². The summed E-state index contributed by atoms with van der Waals surface area (Å²) < 4.78 is 19.5. The van der Waals surface area contributed by atoms with Gasteiger partial charge in [0.25, 0.3) is 0 Å². The Morgan fingerprint density at radius 2 is 1.21 bits per heavy atom. The van der Waals surface area contributed by atoms with E-state index in [9.17, 15) is 10.2 Å². The first-order valence-corrected chi connectivity index (χ1v) is 15.4. The molecule has 218 valence electrons. The van der Waals surface area contributed by atoms with Crippen molar-refractivity contribution in [2.75, 3.05) is 0 Å². The summed E-state index contributed by atoms with van der Waals surface area (Å²) in [6, 6.07) is 39.0. The molecular formula is C36H38O5Se. The number of aliphatic hydroxyl groups is 2. The molecule has 1 fully saturated rings. The van der Waals surface area contributed by atoms with Gasteiger partial charge in [-0.15, -0.1) is 0 Å². The van der Waals surface area contributed by atoms with Crippen LogP contribution in [0.2, 0.25) is 0 Å². The van der Waals surface area contributed by atoms with Crippen molar-refractivity contribution in [3.8, 4) is 5.75 Å². The summed E-state index contributed by atoms with van der Waals surface area (Å²) in [4.78, 5) is 0. The summed E-state index contributed by atoms with van der Waals surface area (Å²) in [6.45, 7) is 1.85. The number of ether oxygens (including phenoxy) is 3. The summed E-state index contributed by atoms with van der Waals surface area (Å²) in [7, 11) is 0. The van der Waals surface area contributed by atoms with Crippen LogP contribution >= 0.6 is 0 Å². The van der Waals surface area contributed by atoms with Crippen LogP contribution < -0.4 is 4.74 Å². The molecule has 0 bridgehead atoms. The molecule has 4 aromatic carbocycles. The van der Waals surface area contributed by atoms with Crippen molar-refractivity contribution in [3.05, 3.63) is 150 Å². The van der Waals surface area contributed by atoms with E-state index in [1.54, 1.807) is 12.3 Å². The molecule has 0 amide bonds. The quantitative estimate of drug-likeness (QED) is 0.177. The molecule has 4 aromatic rings. The summed E-state index contributed by atoms with van der Waals surface area (Å²) in [6.07, 6.45) is 1.60. The molecule has 2 N–H and O–H groups in total. The van der Waals surface area contributed by atoms with E-state index in [-0.39, 0.29) is 12.8 Å². The van der Waals surface area contributed by atoms with E-state index in [4.69, 9.17) is 14.2 Å². The first kappa shape index (κ1) is 30.1. The molecule has 1 saturated heterocycles. The Kier molecular flexibility index (Phi) is 9.84. The topological polar surface area (TPSA) is 68.2 Å².